The molecule has 4 rings (SSSR count). The Morgan fingerprint density at radius 3 is 2.06 bits per heavy atom. The van der Waals surface area contributed by atoms with Gasteiger partial charge >= 0.3 is 6.18 Å². The van der Waals surface area contributed by atoms with Crippen molar-refractivity contribution in [2.75, 3.05) is 16.6 Å². The number of sulfonamides is 1. The van der Waals surface area contributed by atoms with Crippen molar-refractivity contribution >= 4 is 27.3 Å². The average molecular weight is 490 g/mol. The minimum Gasteiger partial charge on any atom is -0.324 e. The van der Waals surface area contributed by atoms with Gasteiger partial charge in [0.05, 0.1) is 22.2 Å². The highest BCUT2D eigenvalue weighted by Gasteiger charge is 2.31. The van der Waals surface area contributed by atoms with Crippen molar-refractivity contribution in [1.29, 1.82) is 0 Å². The monoisotopic (exact) mass is 489 g/mol. The third-order valence-corrected chi connectivity index (χ3v) is 6.90. The number of para-hydroxylation sites is 2. The van der Waals surface area contributed by atoms with Crippen molar-refractivity contribution in [1.82, 2.24) is 5.32 Å². The van der Waals surface area contributed by atoms with Gasteiger partial charge in [0, 0.05) is 16.8 Å². The van der Waals surface area contributed by atoms with Crippen molar-refractivity contribution < 1.29 is 26.4 Å². The maximum Gasteiger partial charge on any atom is 0.416 e. The normalized spacial score (nSPS) is 16.3. The molecular weight excluding hydrogens is 467 g/mol. The molecule has 1 heterocycles. The topological polar surface area (TPSA) is 87.3 Å². The molecule has 0 unspecified atom stereocenters. The molecule has 1 saturated heterocycles. The van der Waals surface area contributed by atoms with E-state index in [-0.39, 0.29) is 22.5 Å². The number of alkyl halides is 3. The Morgan fingerprint density at radius 2 is 1.47 bits per heavy atom. The number of hydrogen-bond donors (Lipinski definition) is 3. The lowest BCUT2D eigenvalue weighted by Crippen LogP contribution is -2.35. The molecule has 0 bridgehead atoms. The highest BCUT2D eigenvalue weighted by Crippen LogP contribution is 2.35. The third-order valence-electron chi connectivity index (χ3n) is 5.52. The molecule has 1 amide bonds. The van der Waals surface area contributed by atoms with Gasteiger partial charge in [-0.1, -0.05) is 36.4 Å². The third kappa shape index (κ3) is 5.23. The van der Waals surface area contributed by atoms with E-state index in [1.54, 1.807) is 48.5 Å². The van der Waals surface area contributed by atoms with Crippen molar-refractivity contribution in [3.63, 3.8) is 0 Å². The number of amides is 1. The van der Waals surface area contributed by atoms with Crippen LogP contribution in [-0.4, -0.2) is 26.9 Å². The Morgan fingerprint density at radius 1 is 0.882 bits per heavy atom. The van der Waals surface area contributed by atoms with E-state index in [9.17, 15) is 26.4 Å². The molecule has 1 aliphatic rings. The first-order valence-electron chi connectivity index (χ1n) is 10.6. The lowest BCUT2D eigenvalue weighted by Gasteiger charge is -2.17. The molecule has 10 heteroatoms. The Kier molecular flexibility index (Phi) is 6.63. The van der Waals surface area contributed by atoms with Gasteiger partial charge in [0.1, 0.15) is 0 Å². The van der Waals surface area contributed by atoms with Crippen LogP contribution >= 0.6 is 0 Å². The van der Waals surface area contributed by atoms with E-state index in [0.29, 0.717) is 16.8 Å². The Labute approximate surface area is 195 Å². The molecule has 3 aromatic carbocycles. The number of nitrogens with one attached hydrogen (secondary N) is 3. The van der Waals surface area contributed by atoms with Crippen molar-refractivity contribution in [2.45, 2.75) is 30.0 Å². The molecule has 6 nitrogen and oxygen atoms in total. The van der Waals surface area contributed by atoms with E-state index >= 15 is 0 Å². The van der Waals surface area contributed by atoms with Crippen LogP contribution in [0, 0.1) is 0 Å². The minimum absolute atomic E-state index is 0.173. The quantitative estimate of drug-likeness (QED) is 0.461. The van der Waals surface area contributed by atoms with Gasteiger partial charge in [-0.2, -0.15) is 13.2 Å². The molecule has 0 spiro atoms. The van der Waals surface area contributed by atoms with Crippen LogP contribution < -0.4 is 15.4 Å². The van der Waals surface area contributed by atoms with Gasteiger partial charge in [-0.3, -0.25) is 9.52 Å². The fraction of sp³-hybridized carbons (Fsp3) is 0.208. The van der Waals surface area contributed by atoms with Gasteiger partial charge in [-0.05, 0) is 55.8 Å². The molecule has 3 aromatic rings. The van der Waals surface area contributed by atoms with Crippen LogP contribution in [0.5, 0.6) is 0 Å². The second-order valence-corrected chi connectivity index (χ2v) is 9.54. The number of hydrogen-bond acceptors (Lipinski definition) is 4. The highest BCUT2D eigenvalue weighted by molar-refractivity contribution is 7.92. The summed E-state index contributed by atoms with van der Waals surface area (Å²) in [5.74, 6) is -0.173. The van der Waals surface area contributed by atoms with Crippen molar-refractivity contribution in [2.24, 2.45) is 0 Å². The van der Waals surface area contributed by atoms with Gasteiger partial charge in [0.25, 0.3) is 10.0 Å². The summed E-state index contributed by atoms with van der Waals surface area (Å²) in [5.41, 5.74) is 0.909. The summed E-state index contributed by atoms with van der Waals surface area (Å²) in [4.78, 5) is 12.3. The van der Waals surface area contributed by atoms with Crippen LogP contribution in [0.15, 0.2) is 77.7 Å². The molecule has 0 aliphatic carbocycles. The number of carbonyl (C=O) groups is 1. The molecule has 0 aromatic heterocycles. The van der Waals surface area contributed by atoms with E-state index in [4.69, 9.17) is 0 Å². The number of carbonyl (C=O) groups excluding carboxylic acids is 1. The largest absolute Gasteiger partial charge is 0.416 e. The SMILES string of the molecule is O=C(Nc1ccccc1-c1ccccc1NS(=O)(=O)c1ccc(C(F)(F)F)cc1)[C@@H]1CCCN1. The van der Waals surface area contributed by atoms with Gasteiger partial charge in [-0.25, -0.2) is 8.42 Å². The van der Waals surface area contributed by atoms with Crippen LogP contribution in [0.1, 0.15) is 18.4 Å². The summed E-state index contributed by atoms with van der Waals surface area (Å²) in [7, 11) is -4.17. The lowest BCUT2D eigenvalue weighted by molar-refractivity contribution is -0.137. The van der Waals surface area contributed by atoms with Gasteiger partial charge < -0.3 is 10.6 Å². The molecule has 34 heavy (non-hydrogen) atoms. The first-order valence-corrected chi connectivity index (χ1v) is 12.1. The zero-order chi connectivity index (χ0) is 24.3. The molecule has 0 saturated carbocycles. The summed E-state index contributed by atoms with van der Waals surface area (Å²) in [6.45, 7) is 0.772. The van der Waals surface area contributed by atoms with E-state index < -0.39 is 21.8 Å². The second-order valence-electron chi connectivity index (χ2n) is 7.86. The number of benzene rings is 3. The summed E-state index contributed by atoms with van der Waals surface area (Å²) >= 11 is 0. The van der Waals surface area contributed by atoms with Crippen LogP contribution in [0.25, 0.3) is 11.1 Å². The number of rotatable bonds is 6. The molecule has 3 N–H and O–H groups in total. The average Bonchev–Trinajstić information content (AvgIpc) is 3.35. The Balaban J connectivity index is 1.63. The summed E-state index contributed by atoms with van der Waals surface area (Å²) in [6.07, 6.45) is -2.92. The maximum absolute atomic E-state index is 12.9. The minimum atomic E-state index is -4.56. The van der Waals surface area contributed by atoms with E-state index in [1.165, 1.54) is 0 Å². The zero-order valence-electron chi connectivity index (χ0n) is 17.9. The van der Waals surface area contributed by atoms with Crippen molar-refractivity contribution in [3.8, 4) is 11.1 Å². The van der Waals surface area contributed by atoms with E-state index in [0.717, 1.165) is 43.7 Å². The zero-order valence-corrected chi connectivity index (χ0v) is 18.7. The van der Waals surface area contributed by atoms with Crippen LogP contribution in [0.2, 0.25) is 0 Å². The van der Waals surface area contributed by atoms with Crippen LogP contribution in [0.3, 0.4) is 0 Å². The smallest absolute Gasteiger partial charge is 0.324 e. The lowest BCUT2D eigenvalue weighted by atomic mass is 10.0. The van der Waals surface area contributed by atoms with Crippen molar-refractivity contribution in [3.05, 3.63) is 78.4 Å². The highest BCUT2D eigenvalue weighted by atomic mass is 32.2. The van der Waals surface area contributed by atoms with Crippen LogP contribution in [-0.2, 0) is 21.0 Å². The predicted octanol–water partition coefficient (Wildman–Crippen LogP) is 4.86. The first-order chi connectivity index (χ1) is 16.1. The summed E-state index contributed by atoms with van der Waals surface area (Å²) in [5, 5.41) is 6.04. The number of anilines is 2. The summed E-state index contributed by atoms with van der Waals surface area (Å²) < 4.78 is 66.8. The maximum atomic E-state index is 12.9. The molecule has 1 aliphatic heterocycles. The Hall–Kier alpha value is -3.37. The molecule has 178 valence electrons. The Bertz CT molecular complexity index is 1290. The second kappa shape index (κ2) is 9.47. The summed E-state index contributed by atoms with van der Waals surface area (Å²) in [6, 6.07) is 16.6. The van der Waals surface area contributed by atoms with Gasteiger partial charge in [0.15, 0.2) is 0 Å². The standard InChI is InChI=1S/C24H22F3N3O3S/c25-24(26,27)16-11-13-17(14-12-16)34(32,33)30-21-9-4-2-7-19(21)18-6-1-3-8-20(18)29-23(31)22-10-5-15-28-22/h1-4,6-9,11-14,22,28,30H,5,10,15H2,(H,29,31)/t22-/m0/s1. The fourth-order valence-electron chi connectivity index (χ4n) is 3.79. The van der Waals surface area contributed by atoms with Gasteiger partial charge in [0.2, 0.25) is 5.91 Å². The van der Waals surface area contributed by atoms with E-state index in [1.807, 2.05) is 0 Å². The molecule has 1 atom stereocenters. The first kappa shape index (κ1) is 23.8. The molecule has 1 fully saturated rings. The number of halogens is 3. The van der Waals surface area contributed by atoms with Crippen LogP contribution in [0.4, 0.5) is 24.5 Å². The predicted molar refractivity (Wildman–Crippen MR) is 124 cm³/mol. The molecular formula is C24H22F3N3O3S. The van der Waals surface area contributed by atoms with E-state index in [2.05, 4.69) is 15.4 Å². The van der Waals surface area contributed by atoms with Gasteiger partial charge in [-0.15, -0.1) is 0 Å². The fourth-order valence-corrected chi connectivity index (χ4v) is 4.87. The molecule has 0 radical (unpaired) electrons.